The number of carbonyl (C=O) groups excluding carboxylic acids is 2. The number of hydroxylamine groups is 2. The lowest BCUT2D eigenvalue weighted by Crippen LogP contribution is -2.28. The topological polar surface area (TPSA) is 107 Å². The highest BCUT2D eigenvalue weighted by Crippen LogP contribution is 2.47. The van der Waals surface area contributed by atoms with Gasteiger partial charge in [0.25, 0.3) is 16.0 Å². The second-order valence-electron chi connectivity index (χ2n) is 13.0. The molecule has 0 aromatic heterocycles. The van der Waals surface area contributed by atoms with Crippen molar-refractivity contribution in [2.24, 2.45) is 0 Å². The molecule has 1 saturated heterocycles. The van der Waals surface area contributed by atoms with Gasteiger partial charge >= 0.3 is 5.97 Å². The minimum Gasteiger partial charge on any atom is -0.344 e. The van der Waals surface area contributed by atoms with Gasteiger partial charge in [-0.25, -0.2) is 4.79 Å². The molecule has 0 aliphatic carbocycles. The maximum absolute atomic E-state index is 12.9. The summed E-state index contributed by atoms with van der Waals surface area (Å²) in [4.78, 5) is 32.6. The molecule has 1 N–H and O–H groups in total. The van der Waals surface area contributed by atoms with Crippen LogP contribution in [0.4, 0.5) is 11.4 Å². The van der Waals surface area contributed by atoms with E-state index in [2.05, 4.69) is 68.0 Å². The van der Waals surface area contributed by atoms with Crippen LogP contribution in [0.5, 0.6) is 0 Å². The normalized spacial score (nSPS) is 19.7. The fourth-order valence-corrected chi connectivity index (χ4v) is 7.21. The summed E-state index contributed by atoms with van der Waals surface area (Å²) in [5.41, 5.74) is 6.67. The highest BCUT2D eigenvalue weighted by atomic mass is 32.2. The van der Waals surface area contributed by atoms with Crippen molar-refractivity contribution in [3.05, 3.63) is 108 Å². The molecule has 0 spiro atoms. The first kappa shape index (κ1) is 33.1. The molecule has 3 aliphatic heterocycles. The number of para-hydroxylation sites is 1. The zero-order chi connectivity index (χ0) is 33.4. The van der Waals surface area contributed by atoms with Crippen molar-refractivity contribution in [2.75, 3.05) is 24.2 Å². The van der Waals surface area contributed by atoms with Crippen molar-refractivity contribution in [1.82, 2.24) is 5.06 Å². The zero-order valence-corrected chi connectivity index (χ0v) is 27.9. The standard InChI is InChI=1S/C36H41N3O6S/c1-25-18-21-33(40)39(25)45-34(41)26-19-20-29-28(24-26)36(4,5)31(37(29)6)16-8-7-9-17-32-35(2,3)27-14-10-11-15-30(27)38(32)22-12-13-23-46(42,43)44/h7-11,14-17,19-20,24H,1,12-13,18,21-23H2,2-6H3/p+1. The Morgan fingerprint density at radius 1 is 1.02 bits per heavy atom. The molecule has 5 rings (SSSR count). The molecular formula is C36H42N3O6S+. The van der Waals surface area contributed by atoms with E-state index < -0.39 is 21.5 Å². The van der Waals surface area contributed by atoms with Gasteiger partial charge in [0.05, 0.1) is 22.4 Å². The van der Waals surface area contributed by atoms with Crippen molar-refractivity contribution >= 4 is 39.1 Å². The summed E-state index contributed by atoms with van der Waals surface area (Å²) in [5, 5.41) is 1.00. The second kappa shape index (κ2) is 12.5. The molecule has 9 nitrogen and oxygen atoms in total. The Bertz CT molecular complexity index is 1810. The van der Waals surface area contributed by atoms with E-state index in [9.17, 15) is 18.0 Å². The number of fused-ring (bicyclic) bond motifs is 2. The van der Waals surface area contributed by atoms with Crippen molar-refractivity contribution in [1.29, 1.82) is 0 Å². The third kappa shape index (κ3) is 6.37. The smallest absolute Gasteiger partial charge is 0.344 e. The molecule has 0 atom stereocenters. The summed E-state index contributed by atoms with van der Waals surface area (Å²) >= 11 is 0. The zero-order valence-electron chi connectivity index (χ0n) is 27.1. The van der Waals surface area contributed by atoms with Crippen molar-refractivity contribution in [3.63, 3.8) is 0 Å². The van der Waals surface area contributed by atoms with Crippen molar-refractivity contribution in [3.8, 4) is 0 Å². The average molecular weight is 645 g/mol. The van der Waals surface area contributed by atoms with E-state index in [0.29, 0.717) is 37.1 Å². The average Bonchev–Trinajstić information content (AvgIpc) is 3.50. The second-order valence-corrected chi connectivity index (χ2v) is 14.6. The lowest BCUT2D eigenvalue weighted by atomic mass is 9.81. The predicted octanol–water partition coefficient (Wildman–Crippen LogP) is 6.36. The van der Waals surface area contributed by atoms with Gasteiger partial charge in [-0.2, -0.15) is 13.0 Å². The number of hydrogen-bond donors (Lipinski definition) is 1. The lowest BCUT2D eigenvalue weighted by molar-refractivity contribution is -0.401. The van der Waals surface area contributed by atoms with Crippen LogP contribution >= 0.6 is 0 Å². The van der Waals surface area contributed by atoms with Crippen LogP contribution in [-0.4, -0.2) is 59.5 Å². The lowest BCUT2D eigenvalue weighted by Gasteiger charge is -2.27. The summed E-state index contributed by atoms with van der Waals surface area (Å²) < 4.78 is 33.7. The van der Waals surface area contributed by atoms with Gasteiger partial charge in [0.1, 0.15) is 7.05 Å². The summed E-state index contributed by atoms with van der Waals surface area (Å²) in [7, 11) is -1.98. The van der Waals surface area contributed by atoms with E-state index in [1.807, 2.05) is 49.5 Å². The number of nitrogens with zero attached hydrogens (tertiary/aromatic N) is 3. The molecular weight excluding hydrogens is 602 g/mol. The van der Waals surface area contributed by atoms with Crippen LogP contribution in [0.1, 0.15) is 74.9 Å². The highest BCUT2D eigenvalue weighted by Gasteiger charge is 2.44. The van der Waals surface area contributed by atoms with Gasteiger partial charge in [0, 0.05) is 47.5 Å². The molecule has 3 aliphatic rings. The molecule has 0 bridgehead atoms. The quantitative estimate of drug-likeness (QED) is 0.139. The van der Waals surface area contributed by atoms with E-state index in [1.165, 1.54) is 5.56 Å². The largest absolute Gasteiger partial charge is 0.363 e. The van der Waals surface area contributed by atoms with E-state index in [0.717, 1.165) is 33.4 Å². The van der Waals surface area contributed by atoms with Crippen molar-refractivity contribution in [2.45, 2.75) is 64.2 Å². The third-order valence-corrected chi connectivity index (χ3v) is 9.95. The first-order chi connectivity index (χ1) is 21.6. The fourth-order valence-electron chi connectivity index (χ4n) is 6.64. The molecule has 46 heavy (non-hydrogen) atoms. The van der Waals surface area contributed by atoms with Crippen LogP contribution in [-0.2, 0) is 30.6 Å². The van der Waals surface area contributed by atoms with E-state index in [-0.39, 0.29) is 23.5 Å². The van der Waals surface area contributed by atoms with Gasteiger partial charge in [0.15, 0.2) is 5.71 Å². The maximum Gasteiger partial charge on any atom is 0.363 e. The SMILES string of the molecule is C=C1CCC(=O)N1OC(=O)c1ccc2c(c1)C(C)(C)C(C=CC=CC=C1N(CCCCS(=O)(=O)O)c3ccccc3C1(C)C)=[N+]2C. The van der Waals surface area contributed by atoms with Crippen LogP contribution in [0.2, 0.25) is 0 Å². The third-order valence-electron chi connectivity index (χ3n) is 9.15. The molecule has 3 heterocycles. The number of allylic oxidation sites excluding steroid dienone is 7. The van der Waals surface area contributed by atoms with Gasteiger partial charge in [-0.1, -0.05) is 56.9 Å². The maximum atomic E-state index is 12.9. The number of carbonyl (C=O) groups is 2. The number of hydrogen-bond acceptors (Lipinski definition) is 6. The molecule has 1 fully saturated rings. The first-order valence-electron chi connectivity index (χ1n) is 15.5. The molecule has 1 amide bonds. The van der Waals surface area contributed by atoms with Gasteiger partial charge < -0.3 is 9.74 Å². The van der Waals surface area contributed by atoms with E-state index in [1.54, 1.807) is 6.07 Å². The fraction of sp³-hybridized carbons (Fsp3) is 0.361. The number of benzene rings is 2. The van der Waals surface area contributed by atoms with Crippen LogP contribution in [0, 0.1) is 0 Å². The molecule has 2 aromatic rings. The monoisotopic (exact) mass is 644 g/mol. The molecule has 0 saturated carbocycles. The van der Waals surface area contributed by atoms with E-state index in [4.69, 9.17) is 9.39 Å². The Morgan fingerprint density at radius 3 is 2.46 bits per heavy atom. The van der Waals surface area contributed by atoms with Crippen LogP contribution in [0.25, 0.3) is 0 Å². The number of amides is 1. The summed E-state index contributed by atoms with van der Waals surface area (Å²) in [6, 6.07) is 13.7. The van der Waals surface area contributed by atoms with Crippen LogP contribution in [0.15, 0.2) is 90.8 Å². The Kier molecular flexibility index (Phi) is 8.99. The summed E-state index contributed by atoms with van der Waals surface area (Å²) in [5.74, 6) is -1.11. The predicted molar refractivity (Wildman–Crippen MR) is 180 cm³/mol. The number of anilines is 1. The minimum absolute atomic E-state index is 0.244. The van der Waals surface area contributed by atoms with Gasteiger partial charge in [0.2, 0.25) is 5.69 Å². The molecule has 10 heteroatoms. The number of rotatable bonds is 10. The van der Waals surface area contributed by atoms with Gasteiger partial charge in [-0.05, 0) is 62.9 Å². The Labute approximate surface area is 271 Å². The summed E-state index contributed by atoms with van der Waals surface area (Å²) in [6.07, 6.45) is 12.0. The van der Waals surface area contributed by atoms with Gasteiger partial charge in [-0.3, -0.25) is 9.35 Å². The van der Waals surface area contributed by atoms with Gasteiger partial charge in [-0.15, -0.1) is 5.06 Å². The molecule has 0 radical (unpaired) electrons. The van der Waals surface area contributed by atoms with Crippen LogP contribution in [0.3, 0.4) is 0 Å². The molecule has 2 aromatic carbocycles. The Hall–Kier alpha value is -4.28. The first-order valence-corrected chi connectivity index (χ1v) is 17.1. The van der Waals surface area contributed by atoms with E-state index >= 15 is 0 Å². The minimum atomic E-state index is -3.98. The summed E-state index contributed by atoms with van der Waals surface area (Å²) in [6.45, 7) is 13.0. The molecule has 242 valence electrons. The van der Waals surface area contributed by atoms with Crippen LogP contribution < -0.4 is 4.90 Å². The molecule has 0 unspecified atom stereocenters. The Balaban J connectivity index is 1.32. The highest BCUT2D eigenvalue weighted by molar-refractivity contribution is 7.85. The Morgan fingerprint density at radius 2 is 1.76 bits per heavy atom. The van der Waals surface area contributed by atoms with Crippen molar-refractivity contribution < 1.29 is 32.0 Å². The number of unbranched alkanes of at least 4 members (excludes halogenated alkanes) is 1.